The van der Waals surface area contributed by atoms with Crippen molar-refractivity contribution in [2.24, 2.45) is 5.41 Å². The molecule has 1 N–H and O–H groups in total. The lowest BCUT2D eigenvalue weighted by Crippen LogP contribution is -2.43. The third kappa shape index (κ3) is 3.72. The van der Waals surface area contributed by atoms with Crippen LogP contribution in [0, 0.1) is 5.41 Å². The number of hydrogen-bond donors (Lipinski definition) is 1. The number of nitrogens with one attached hydrogen (secondary N) is 1. The highest BCUT2D eigenvalue weighted by atomic mass is 32.1. The fourth-order valence-corrected chi connectivity index (χ4v) is 5.60. The first-order chi connectivity index (χ1) is 14.1. The second-order valence-electron chi connectivity index (χ2n) is 8.38. The molecule has 2 aromatic heterocycles. The number of hydrogen-bond acceptors (Lipinski definition) is 7. The topological polar surface area (TPSA) is 81.8 Å². The van der Waals surface area contributed by atoms with Crippen LogP contribution in [0.1, 0.15) is 18.7 Å². The van der Waals surface area contributed by atoms with Crippen molar-refractivity contribution < 1.29 is 9.53 Å². The third-order valence-electron chi connectivity index (χ3n) is 6.56. The SMILES string of the molecule is O=C1N(CCN2CCOCC2)CCC12CCN(Cc1nc3ccsc3c(=O)[nH]1)C2. The van der Waals surface area contributed by atoms with E-state index < -0.39 is 0 Å². The van der Waals surface area contributed by atoms with Crippen molar-refractivity contribution in [1.82, 2.24) is 24.7 Å². The molecule has 8 nitrogen and oxygen atoms in total. The van der Waals surface area contributed by atoms with Gasteiger partial charge in [-0.15, -0.1) is 11.3 Å². The van der Waals surface area contributed by atoms with Crippen LogP contribution in [0.15, 0.2) is 16.2 Å². The Morgan fingerprint density at radius 3 is 2.79 bits per heavy atom. The minimum Gasteiger partial charge on any atom is -0.379 e. The Bertz CT molecular complexity index is 953. The van der Waals surface area contributed by atoms with Crippen molar-refractivity contribution in [2.45, 2.75) is 19.4 Å². The fourth-order valence-electron chi connectivity index (χ4n) is 4.87. The lowest BCUT2D eigenvalue weighted by molar-refractivity contribution is -0.135. The summed E-state index contributed by atoms with van der Waals surface area (Å²) in [6.45, 7) is 8.31. The lowest BCUT2D eigenvalue weighted by atomic mass is 9.85. The van der Waals surface area contributed by atoms with Crippen molar-refractivity contribution in [1.29, 1.82) is 0 Å². The molecule has 3 aliphatic rings. The van der Waals surface area contributed by atoms with Gasteiger partial charge in [0.25, 0.3) is 5.56 Å². The molecule has 0 aromatic carbocycles. The average molecular weight is 418 g/mol. The Balaban J connectivity index is 1.20. The predicted octanol–water partition coefficient (Wildman–Crippen LogP) is 0.741. The van der Waals surface area contributed by atoms with Gasteiger partial charge in [-0.1, -0.05) is 0 Å². The number of ether oxygens (including phenoxy) is 1. The molecule has 0 aliphatic carbocycles. The van der Waals surface area contributed by atoms with E-state index in [-0.39, 0.29) is 11.0 Å². The number of H-pyrrole nitrogens is 1. The van der Waals surface area contributed by atoms with Crippen LogP contribution in [0.25, 0.3) is 10.2 Å². The number of aromatic nitrogens is 2. The molecule has 1 spiro atoms. The summed E-state index contributed by atoms with van der Waals surface area (Å²) in [5, 5.41) is 1.89. The van der Waals surface area contributed by atoms with E-state index in [0.29, 0.717) is 23.0 Å². The number of nitrogens with zero attached hydrogens (tertiary/aromatic N) is 4. The van der Waals surface area contributed by atoms with Crippen molar-refractivity contribution in [2.75, 3.05) is 59.0 Å². The van der Waals surface area contributed by atoms with E-state index in [1.54, 1.807) is 0 Å². The first-order valence-electron chi connectivity index (χ1n) is 10.4. The van der Waals surface area contributed by atoms with Gasteiger partial charge in [0, 0.05) is 39.3 Å². The number of carbonyl (C=O) groups excluding carboxylic acids is 1. The molecule has 3 fully saturated rings. The van der Waals surface area contributed by atoms with Gasteiger partial charge in [-0.2, -0.15) is 0 Å². The summed E-state index contributed by atoms with van der Waals surface area (Å²) >= 11 is 1.42. The van der Waals surface area contributed by atoms with E-state index >= 15 is 0 Å². The number of rotatable bonds is 5. The molecule has 0 radical (unpaired) electrons. The van der Waals surface area contributed by atoms with Crippen LogP contribution in [0.3, 0.4) is 0 Å². The van der Waals surface area contributed by atoms with Gasteiger partial charge in [-0.3, -0.25) is 19.4 Å². The number of fused-ring (bicyclic) bond motifs is 1. The average Bonchev–Trinajstić information content (AvgIpc) is 3.43. The Morgan fingerprint density at radius 2 is 1.93 bits per heavy atom. The number of likely N-dealkylation sites (tertiary alicyclic amines) is 2. The first-order valence-corrected chi connectivity index (χ1v) is 11.3. The van der Waals surface area contributed by atoms with Gasteiger partial charge >= 0.3 is 0 Å². The number of morpholine rings is 1. The highest BCUT2D eigenvalue weighted by molar-refractivity contribution is 7.17. The second-order valence-corrected chi connectivity index (χ2v) is 9.30. The highest BCUT2D eigenvalue weighted by Gasteiger charge is 2.50. The molecule has 5 rings (SSSR count). The summed E-state index contributed by atoms with van der Waals surface area (Å²) in [6.07, 6.45) is 1.82. The van der Waals surface area contributed by atoms with E-state index in [4.69, 9.17) is 4.74 Å². The zero-order valence-corrected chi connectivity index (χ0v) is 17.4. The Labute approximate surface area is 173 Å². The predicted molar refractivity (Wildman–Crippen MR) is 111 cm³/mol. The number of thiophene rings is 1. The maximum Gasteiger partial charge on any atom is 0.268 e. The normalized spacial score (nSPS) is 26.3. The molecule has 3 aliphatic heterocycles. The van der Waals surface area contributed by atoms with Crippen LogP contribution in [0.4, 0.5) is 0 Å². The number of amides is 1. The maximum atomic E-state index is 13.2. The van der Waals surface area contributed by atoms with Crippen molar-refractivity contribution in [3.05, 3.63) is 27.6 Å². The maximum absolute atomic E-state index is 13.2. The van der Waals surface area contributed by atoms with Crippen LogP contribution < -0.4 is 5.56 Å². The molecular formula is C20H27N5O3S. The van der Waals surface area contributed by atoms with Gasteiger partial charge in [0.2, 0.25) is 5.91 Å². The third-order valence-corrected chi connectivity index (χ3v) is 7.46. The van der Waals surface area contributed by atoms with Crippen LogP contribution in [-0.2, 0) is 16.1 Å². The summed E-state index contributed by atoms with van der Waals surface area (Å²) in [7, 11) is 0. The van der Waals surface area contributed by atoms with Gasteiger partial charge in [-0.05, 0) is 30.8 Å². The summed E-state index contributed by atoms with van der Waals surface area (Å²) < 4.78 is 6.08. The standard InChI is InChI=1S/C20H27N5O3S/c26-18-17-15(1-12-29-17)21-16(22-18)13-24-4-2-20(14-24)3-5-25(19(20)27)7-6-23-8-10-28-11-9-23/h1,12H,2-11,13-14H2,(H,21,22,26). The van der Waals surface area contributed by atoms with Gasteiger partial charge in [0.1, 0.15) is 10.5 Å². The minimum atomic E-state index is -0.252. The van der Waals surface area contributed by atoms with Gasteiger partial charge in [0.15, 0.2) is 0 Å². The first kappa shape index (κ1) is 19.2. The lowest BCUT2D eigenvalue weighted by Gasteiger charge is -2.29. The molecule has 5 heterocycles. The van der Waals surface area contributed by atoms with Gasteiger partial charge in [-0.25, -0.2) is 4.98 Å². The van der Waals surface area contributed by atoms with E-state index in [1.165, 1.54) is 11.3 Å². The molecule has 9 heteroatoms. The smallest absolute Gasteiger partial charge is 0.268 e. The molecule has 1 atom stereocenters. The van der Waals surface area contributed by atoms with E-state index in [1.807, 2.05) is 11.4 Å². The van der Waals surface area contributed by atoms with Crippen LogP contribution in [-0.4, -0.2) is 89.6 Å². The molecule has 2 aromatic rings. The van der Waals surface area contributed by atoms with E-state index in [9.17, 15) is 9.59 Å². The second kappa shape index (κ2) is 7.79. The van der Waals surface area contributed by atoms with Crippen molar-refractivity contribution in [3.63, 3.8) is 0 Å². The van der Waals surface area contributed by atoms with Crippen LogP contribution in [0.2, 0.25) is 0 Å². The quantitative estimate of drug-likeness (QED) is 0.773. The number of carbonyl (C=O) groups is 1. The van der Waals surface area contributed by atoms with E-state index in [0.717, 1.165) is 77.4 Å². The van der Waals surface area contributed by atoms with Crippen LogP contribution in [0.5, 0.6) is 0 Å². The zero-order valence-electron chi connectivity index (χ0n) is 16.6. The molecular weight excluding hydrogens is 390 g/mol. The van der Waals surface area contributed by atoms with Crippen molar-refractivity contribution >= 4 is 27.5 Å². The summed E-state index contributed by atoms with van der Waals surface area (Å²) in [4.78, 5) is 39.6. The summed E-state index contributed by atoms with van der Waals surface area (Å²) in [5.74, 6) is 0.996. The molecule has 0 bridgehead atoms. The Kier molecular flexibility index (Phi) is 5.15. The van der Waals surface area contributed by atoms with Crippen LogP contribution >= 0.6 is 11.3 Å². The minimum absolute atomic E-state index is 0.0693. The van der Waals surface area contributed by atoms with Gasteiger partial charge < -0.3 is 14.6 Å². The van der Waals surface area contributed by atoms with Crippen molar-refractivity contribution in [3.8, 4) is 0 Å². The monoisotopic (exact) mass is 417 g/mol. The molecule has 29 heavy (non-hydrogen) atoms. The zero-order chi connectivity index (χ0) is 19.8. The molecule has 156 valence electrons. The Morgan fingerprint density at radius 1 is 1.10 bits per heavy atom. The molecule has 1 amide bonds. The largest absolute Gasteiger partial charge is 0.379 e. The molecule has 0 saturated carbocycles. The van der Waals surface area contributed by atoms with E-state index in [2.05, 4.69) is 24.7 Å². The Hall–Kier alpha value is -1.81. The molecule has 1 unspecified atom stereocenters. The highest BCUT2D eigenvalue weighted by Crippen LogP contribution is 2.40. The summed E-state index contributed by atoms with van der Waals surface area (Å²) in [6, 6.07) is 1.89. The molecule has 3 saturated heterocycles. The van der Waals surface area contributed by atoms with Gasteiger partial charge in [0.05, 0.1) is 30.7 Å². The fraction of sp³-hybridized carbons (Fsp3) is 0.650. The number of aromatic amines is 1. The summed E-state index contributed by atoms with van der Waals surface area (Å²) in [5.41, 5.74) is 0.437.